The van der Waals surface area contributed by atoms with Gasteiger partial charge in [0.15, 0.2) is 0 Å². The van der Waals surface area contributed by atoms with Crippen molar-refractivity contribution in [1.29, 1.82) is 0 Å². The van der Waals surface area contributed by atoms with Gasteiger partial charge in [-0.3, -0.25) is 19.2 Å². The minimum atomic E-state index is -0.684. The van der Waals surface area contributed by atoms with Gasteiger partial charge in [0.05, 0.1) is 18.3 Å². The van der Waals surface area contributed by atoms with E-state index in [0.29, 0.717) is 31.0 Å². The van der Waals surface area contributed by atoms with Gasteiger partial charge in [-0.25, -0.2) is 9.97 Å². The van der Waals surface area contributed by atoms with Crippen LogP contribution in [0.2, 0.25) is 0 Å². The number of hydrogen-bond acceptors (Lipinski definition) is 9. The predicted octanol–water partition coefficient (Wildman–Crippen LogP) is 2.54. The first kappa shape index (κ1) is 27.1. The number of carbonyl (C=O) groups excluding carboxylic acids is 2. The normalized spacial score (nSPS) is 15.9. The Morgan fingerprint density at radius 3 is 2.62 bits per heavy atom. The molecule has 2 amide bonds. The summed E-state index contributed by atoms with van der Waals surface area (Å²) in [5.41, 5.74) is 11.0. The quantitative estimate of drug-likeness (QED) is 0.298. The van der Waals surface area contributed by atoms with Gasteiger partial charge in [0, 0.05) is 19.2 Å². The van der Waals surface area contributed by atoms with Crippen molar-refractivity contribution in [3.8, 4) is 5.75 Å². The minimum Gasteiger partial charge on any atom is -0.491 e. The highest BCUT2D eigenvalue weighted by atomic mass is 16.5. The number of benzene rings is 2. The highest BCUT2D eigenvalue weighted by Crippen LogP contribution is 2.38. The molecule has 0 radical (unpaired) electrons. The van der Waals surface area contributed by atoms with Crippen molar-refractivity contribution in [3.05, 3.63) is 102 Å². The van der Waals surface area contributed by atoms with Gasteiger partial charge in [0.1, 0.15) is 34.8 Å². The number of nitrogens with one attached hydrogen (secondary N) is 2. The highest BCUT2D eigenvalue weighted by molar-refractivity contribution is 5.97. The number of carbonyl (C=O) groups is 2. The second kappa shape index (κ2) is 10.7. The van der Waals surface area contributed by atoms with E-state index in [9.17, 15) is 19.2 Å². The summed E-state index contributed by atoms with van der Waals surface area (Å²) in [6, 6.07) is 10.7. The van der Waals surface area contributed by atoms with Crippen molar-refractivity contribution in [3.63, 3.8) is 0 Å². The Morgan fingerprint density at radius 2 is 1.83 bits per heavy atom. The van der Waals surface area contributed by atoms with E-state index in [0.717, 1.165) is 24.0 Å². The van der Waals surface area contributed by atoms with Crippen molar-refractivity contribution in [2.24, 2.45) is 0 Å². The number of hydrogen-bond donors (Lipinski definition) is 3. The van der Waals surface area contributed by atoms with E-state index in [4.69, 9.17) is 10.5 Å². The third-order valence-corrected chi connectivity index (χ3v) is 8.14. The fraction of sp³-hybridized carbons (Fsp3) is 0.290. The molecule has 11 nitrogen and oxygen atoms in total. The van der Waals surface area contributed by atoms with E-state index < -0.39 is 16.8 Å². The van der Waals surface area contributed by atoms with E-state index >= 15 is 0 Å². The number of amides is 2. The van der Waals surface area contributed by atoms with Gasteiger partial charge in [-0.2, -0.15) is 0 Å². The van der Waals surface area contributed by atoms with Gasteiger partial charge < -0.3 is 26.0 Å². The summed E-state index contributed by atoms with van der Waals surface area (Å²) < 4.78 is 5.81. The third kappa shape index (κ3) is 4.76. The minimum absolute atomic E-state index is 0.0579. The van der Waals surface area contributed by atoms with Crippen LogP contribution in [0.3, 0.4) is 0 Å². The van der Waals surface area contributed by atoms with E-state index in [1.165, 1.54) is 29.1 Å². The first-order valence-electron chi connectivity index (χ1n) is 13.8. The molecule has 0 spiro atoms. The number of nitrogens with two attached hydrogens (primary N) is 1. The number of aryl methyl sites for hydroxylation is 1. The van der Waals surface area contributed by atoms with Gasteiger partial charge >= 0.3 is 0 Å². The first-order chi connectivity index (χ1) is 20.2. The van der Waals surface area contributed by atoms with E-state index in [-0.39, 0.29) is 41.3 Å². The molecule has 0 saturated carbocycles. The van der Waals surface area contributed by atoms with Crippen LogP contribution in [-0.2, 0) is 13.0 Å². The third-order valence-electron chi connectivity index (χ3n) is 8.14. The van der Waals surface area contributed by atoms with Crippen LogP contribution in [-0.4, -0.2) is 34.9 Å². The topological polar surface area (TPSA) is 157 Å². The van der Waals surface area contributed by atoms with Crippen LogP contribution in [0, 0.1) is 13.8 Å². The molecule has 0 bridgehead atoms. The molecule has 2 aliphatic rings. The van der Waals surface area contributed by atoms with Crippen LogP contribution >= 0.6 is 0 Å². The van der Waals surface area contributed by atoms with Crippen LogP contribution in [0.25, 0.3) is 0 Å². The number of nitrogen functional groups attached to an aromatic ring is 1. The Morgan fingerprint density at radius 1 is 1.05 bits per heavy atom. The summed E-state index contributed by atoms with van der Waals surface area (Å²) in [4.78, 5) is 59.9. The molecule has 0 unspecified atom stereocenters. The smallest absolute Gasteiger partial charge is 0.270 e. The van der Waals surface area contributed by atoms with Crippen LogP contribution in [0.1, 0.15) is 67.7 Å². The maximum atomic E-state index is 13.1. The molecular weight excluding hydrogens is 536 g/mol. The maximum absolute atomic E-state index is 13.1. The largest absolute Gasteiger partial charge is 0.491 e. The Kier molecular flexibility index (Phi) is 6.93. The molecule has 3 aromatic carbocycles. The van der Waals surface area contributed by atoms with E-state index in [1.807, 2.05) is 0 Å². The molecule has 1 aliphatic heterocycles. The van der Waals surface area contributed by atoms with Crippen LogP contribution < -0.4 is 36.9 Å². The standard InChI is InChI=1S/C31H30N6O5/c1-16-4-6-20-19(17(16)2)7-8-21(20)36-31(41)23-13-22(34-15-35-23)30(40)33-14-18-5-9-25-24(12-18)37(10-3-11-42-25)27-26(32)28(38)29(27)39/h4-6,9,12-13,15,21H,3,7-8,10-11,14,32H2,1-2H3,(H,33,40)(H,36,41)/t21-/m0/s1. The van der Waals surface area contributed by atoms with Gasteiger partial charge in [0.25, 0.3) is 22.7 Å². The molecule has 11 heteroatoms. The highest BCUT2D eigenvalue weighted by Gasteiger charge is 2.29. The Labute approximate surface area is 241 Å². The zero-order chi connectivity index (χ0) is 29.5. The number of fused-ring (bicyclic) bond motifs is 2. The Bertz CT molecular complexity index is 1810. The molecule has 1 aromatic heterocycles. The number of anilines is 3. The van der Waals surface area contributed by atoms with Crippen LogP contribution in [0.4, 0.5) is 17.1 Å². The molecule has 1 aliphatic carbocycles. The average Bonchev–Trinajstić information content (AvgIpc) is 3.30. The zero-order valence-corrected chi connectivity index (χ0v) is 23.3. The summed E-state index contributed by atoms with van der Waals surface area (Å²) >= 11 is 0. The lowest BCUT2D eigenvalue weighted by molar-refractivity contribution is 0.0931. The molecule has 0 fully saturated rings. The SMILES string of the molecule is Cc1ccc2c(c1C)CC[C@@H]2NC(=O)c1cc(C(=O)NCc2ccc3c(c2)N(c2c(N)c(=O)c2=O)CCCO3)ncn1. The van der Waals surface area contributed by atoms with Crippen molar-refractivity contribution >= 4 is 28.9 Å². The van der Waals surface area contributed by atoms with Gasteiger partial charge in [-0.05, 0) is 73.1 Å². The molecule has 1 atom stereocenters. The molecule has 2 heterocycles. The van der Waals surface area contributed by atoms with Gasteiger partial charge in [-0.15, -0.1) is 0 Å². The molecule has 42 heavy (non-hydrogen) atoms. The fourth-order valence-electron chi connectivity index (χ4n) is 5.69. The number of rotatable bonds is 6. The zero-order valence-electron chi connectivity index (χ0n) is 23.3. The lowest BCUT2D eigenvalue weighted by Crippen LogP contribution is -2.41. The summed E-state index contributed by atoms with van der Waals surface area (Å²) in [5.74, 6) is -0.291. The van der Waals surface area contributed by atoms with Crippen molar-refractivity contribution in [2.45, 2.75) is 45.7 Å². The second-order valence-electron chi connectivity index (χ2n) is 10.7. The molecular formula is C31H30N6O5. The van der Waals surface area contributed by atoms with Crippen molar-refractivity contribution < 1.29 is 14.3 Å². The Balaban J connectivity index is 1.14. The lowest BCUT2D eigenvalue weighted by atomic mass is 9.99. The fourth-order valence-corrected chi connectivity index (χ4v) is 5.69. The maximum Gasteiger partial charge on any atom is 0.270 e. The molecule has 0 saturated heterocycles. The summed E-state index contributed by atoms with van der Waals surface area (Å²) in [5, 5.41) is 5.87. The van der Waals surface area contributed by atoms with Crippen LogP contribution in [0.5, 0.6) is 5.75 Å². The first-order valence-corrected chi connectivity index (χ1v) is 13.8. The van der Waals surface area contributed by atoms with Crippen molar-refractivity contribution in [1.82, 2.24) is 20.6 Å². The second-order valence-corrected chi connectivity index (χ2v) is 10.7. The molecule has 6 rings (SSSR count). The average molecular weight is 567 g/mol. The summed E-state index contributed by atoms with van der Waals surface area (Å²) in [6.45, 7) is 5.23. The van der Waals surface area contributed by atoms with Gasteiger partial charge in [-0.1, -0.05) is 18.2 Å². The molecule has 214 valence electrons. The molecule has 4 aromatic rings. The van der Waals surface area contributed by atoms with E-state index in [1.54, 1.807) is 23.1 Å². The van der Waals surface area contributed by atoms with Crippen molar-refractivity contribution in [2.75, 3.05) is 23.8 Å². The van der Waals surface area contributed by atoms with Crippen LogP contribution in [0.15, 0.2) is 52.3 Å². The summed E-state index contributed by atoms with van der Waals surface area (Å²) in [6.07, 6.45) is 3.54. The van der Waals surface area contributed by atoms with Gasteiger partial charge in [0.2, 0.25) is 0 Å². The Hall–Kier alpha value is -5.06. The number of aromatic nitrogens is 2. The monoisotopic (exact) mass is 566 g/mol. The number of ether oxygens (including phenoxy) is 1. The summed E-state index contributed by atoms with van der Waals surface area (Å²) in [7, 11) is 0. The predicted molar refractivity (Wildman–Crippen MR) is 157 cm³/mol. The number of nitrogens with zero attached hydrogens (tertiary/aromatic N) is 3. The van der Waals surface area contributed by atoms with E-state index in [2.05, 4.69) is 46.6 Å². The molecule has 4 N–H and O–H groups in total. The lowest BCUT2D eigenvalue weighted by Gasteiger charge is -2.26.